The van der Waals surface area contributed by atoms with Crippen LogP contribution in [0, 0.1) is 19.3 Å². The first kappa shape index (κ1) is 23.5. The van der Waals surface area contributed by atoms with Gasteiger partial charge in [0, 0.05) is 24.0 Å². The van der Waals surface area contributed by atoms with Gasteiger partial charge in [-0.2, -0.15) is 0 Å². The van der Waals surface area contributed by atoms with Crippen molar-refractivity contribution >= 4 is 34.9 Å². The van der Waals surface area contributed by atoms with Crippen LogP contribution in [-0.4, -0.2) is 33.4 Å². The Hall–Kier alpha value is -4.65. The van der Waals surface area contributed by atoms with Gasteiger partial charge < -0.3 is 5.32 Å². The Balaban J connectivity index is 1.58. The molecule has 4 amide bonds. The number of benzene rings is 2. The van der Waals surface area contributed by atoms with E-state index >= 15 is 0 Å². The van der Waals surface area contributed by atoms with E-state index in [2.05, 4.69) is 20.1 Å². The average Bonchev–Trinajstić information content (AvgIpc) is 3.01. The lowest BCUT2D eigenvalue weighted by molar-refractivity contribution is -0.120. The van der Waals surface area contributed by atoms with Gasteiger partial charge in [-0.3, -0.25) is 14.5 Å². The number of aromatic nitrogens is 2. The van der Waals surface area contributed by atoms with Crippen molar-refractivity contribution in [1.29, 1.82) is 0 Å². The molecule has 1 aliphatic heterocycles. The van der Waals surface area contributed by atoms with Crippen LogP contribution >= 0.6 is 0 Å². The molecular weight excluding hydrogens is 451 g/mol. The van der Waals surface area contributed by atoms with Crippen molar-refractivity contribution in [1.82, 2.24) is 15.3 Å². The van der Waals surface area contributed by atoms with Gasteiger partial charge in [-0.05, 0) is 56.7 Å². The predicted molar refractivity (Wildman–Crippen MR) is 126 cm³/mol. The Morgan fingerprint density at radius 1 is 1.14 bits per heavy atom. The van der Waals surface area contributed by atoms with Crippen LogP contribution in [0.1, 0.15) is 35.5 Å². The maximum absolute atomic E-state index is 14.9. The van der Waals surface area contributed by atoms with Gasteiger partial charge in [0.1, 0.15) is 23.4 Å². The molecule has 0 bridgehead atoms. The van der Waals surface area contributed by atoms with E-state index in [0.29, 0.717) is 16.9 Å². The predicted octanol–water partition coefficient (Wildman–Crippen LogP) is 4.16. The Bertz CT molecular complexity index is 1380. The highest BCUT2D eigenvalue weighted by Gasteiger charge is 2.52. The highest BCUT2D eigenvalue weighted by molar-refractivity contribution is 6.30. The number of halogens is 1. The second kappa shape index (κ2) is 8.95. The molecule has 0 unspecified atom stereocenters. The maximum atomic E-state index is 14.9. The normalized spacial score (nSPS) is 14.7. The van der Waals surface area contributed by atoms with E-state index in [1.807, 2.05) is 0 Å². The molecule has 1 fully saturated rings. The summed E-state index contributed by atoms with van der Waals surface area (Å²) in [6, 6.07) is 9.66. The first-order valence-corrected chi connectivity index (χ1v) is 10.6. The lowest BCUT2D eigenvalue weighted by atomic mass is 10.0. The largest absolute Gasteiger partial charge is 0.347 e. The van der Waals surface area contributed by atoms with Gasteiger partial charge in [0.25, 0.3) is 11.8 Å². The number of nitrogens with one attached hydrogen (secondary N) is 1. The fourth-order valence-electron chi connectivity index (χ4n) is 3.87. The van der Waals surface area contributed by atoms with Gasteiger partial charge in [-0.1, -0.05) is 12.1 Å². The van der Waals surface area contributed by atoms with Crippen LogP contribution in [-0.2, 0) is 11.3 Å². The molecule has 3 aromatic rings. The van der Waals surface area contributed by atoms with Gasteiger partial charge in [0.2, 0.25) is 0 Å². The van der Waals surface area contributed by atoms with Crippen LogP contribution in [0.5, 0.6) is 0 Å². The molecule has 10 heteroatoms. The van der Waals surface area contributed by atoms with Gasteiger partial charge in [-0.25, -0.2) is 28.9 Å². The molecule has 2 aromatic carbocycles. The first-order chi connectivity index (χ1) is 16.6. The number of rotatable bonds is 5. The lowest BCUT2D eigenvalue weighted by Crippen LogP contribution is -2.44. The van der Waals surface area contributed by atoms with Gasteiger partial charge >= 0.3 is 6.03 Å². The van der Waals surface area contributed by atoms with E-state index in [1.165, 1.54) is 35.6 Å². The number of amides is 4. The molecule has 0 aliphatic carbocycles. The number of urea groups is 1. The van der Waals surface area contributed by atoms with Crippen molar-refractivity contribution in [3.05, 3.63) is 89.0 Å². The Morgan fingerprint density at radius 2 is 1.89 bits per heavy atom. The van der Waals surface area contributed by atoms with E-state index in [-0.39, 0.29) is 23.5 Å². The third-order valence-electron chi connectivity index (χ3n) is 5.78. The smallest absolute Gasteiger partial charge is 0.336 e. The summed E-state index contributed by atoms with van der Waals surface area (Å²) in [5.41, 5.74) is 0.674. The molecule has 9 nitrogen and oxygen atoms in total. The van der Waals surface area contributed by atoms with Crippen LogP contribution in [0.3, 0.4) is 0 Å². The molecule has 1 aromatic heterocycles. The second-order valence-electron chi connectivity index (χ2n) is 8.45. The molecule has 1 N–H and O–H groups in total. The van der Waals surface area contributed by atoms with Crippen molar-refractivity contribution in [2.45, 2.75) is 32.9 Å². The van der Waals surface area contributed by atoms with Crippen LogP contribution in [0.15, 0.2) is 55.0 Å². The second-order valence-corrected chi connectivity index (χ2v) is 8.45. The molecular formula is C25H21FN6O3. The third kappa shape index (κ3) is 4.19. The quantitative estimate of drug-likeness (QED) is 0.444. The van der Waals surface area contributed by atoms with Crippen LogP contribution in [0.2, 0.25) is 0 Å². The topological polar surface area (TPSA) is 99.9 Å². The summed E-state index contributed by atoms with van der Waals surface area (Å²) in [6.45, 7) is 12.0. The van der Waals surface area contributed by atoms with Crippen LogP contribution in [0.4, 0.5) is 26.2 Å². The van der Waals surface area contributed by atoms with Gasteiger partial charge in [0.05, 0.1) is 12.3 Å². The minimum Gasteiger partial charge on any atom is -0.347 e. The summed E-state index contributed by atoms with van der Waals surface area (Å²) in [5.74, 6) is -1.59. The fraction of sp³-hybridized carbons (Fsp3) is 0.200. The lowest BCUT2D eigenvalue weighted by Gasteiger charge is -2.28. The zero-order valence-electron chi connectivity index (χ0n) is 19.2. The fourth-order valence-corrected chi connectivity index (χ4v) is 3.87. The Kier molecular flexibility index (Phi) is 6.01. The Labute approximate surface area is 201 Å². The van der Waals surface area contributed by atoms with Crippen LogP contribution in [0.25, 0.3) is 4.85 Å². The maximum Gasteiger partial charge on any atom is 0.336 e. The minimum absolute atomic E-state index is 0.0932. The number of carbonyl (C=O) groups excluding carboxylic acids is 3. The number of hydrogen-bond acceptors (Lipinski definition) is 5. The highest BCUT2D eigenvalue weighted by atomic mass is 19.1. The Morgan fingerprint density at radius 3 is 2.51 bits per heavy atom. The van der Waals surface area contributed by atoms with E-state index in [9.17, 15) is 18.8 Å². The number of nitrogens with zero attached hydrogens (tertiary/aromatic N) is 5. The van der Waals surface area contributed by atoms with Crippen molar-refractivity contribution in [3.63, 3.8) is 0 Å². The van der Waals surface area contributed by atoms with E-state index < -0.39 is 29.2 Å². The van der Waals surface area contributed by atoms with E-state index in [1.54, 1.807) is 39.0 Å². The number of aryl methyl sites for hydroxylation is 1. The van der Waals surface area contributed by atoms with E-state index in [4.69, 9.17) is 6.57 Å². The monoisotopic (exact) mass is 472 g/mol. The molecule has 4 rings (SSSR count). The van der Waals surface area contributed by atoms with Crippen molar-refractivity contribution < 1.29 is 18.8 Å². The summed E-state index contributed by atoms with van der Waals surface area (Å²) in [5, 5.41) is 2.59. The summed E-state index contributed by atoms with van der Waals surface area (Å²) in [6.07, 6.45) is 2.67. The van der Waals surface area contributed by atoms with Gasteiger partial charge in [0.15, 0.2) is 5.69 Å². The van der Waals surface area contributed by atoms with Crippen molar-refractivity contribution in [2.75, 3.05) is 9.80 Å². The summed E-state index contributed by atoms with van der Waals surface area (Å²) < 4.78 is 14.9. The number of imide groups is 1. The van der Waals surface area contributed by atoms with E-state index in [0.717, 1.165) is 11.0 Å². The molecule has 0 saturated carbocycles. The van der Waals surface area contributed by atoms with Crippen molar-refractivity contribution in [2.24, 2.45) is 0 Å². The molecule has 1 saturated heterocycles. The number of anilines is 2. The molecule has 35 heavy (non-hydrogen) atoms. The molecule has 0 spiro atoms. The van der Waals surface area contributed by atoms with Crippen LogP contribution < -0.4 is 15.1 Å². The molecule has 0 radical (unpaired) electrons. The summed E-state index contributed by atoms with van der Waals surface area (Å²) in [4.78, 5) is 52.0. The molecule has 176 valence electrons. The average molecular weight is 472 g/mol. The summed E-state index contributed by atoms with van der Waals surface area (Å²) in [7, 11) is 0. The zero-order chi connectivity index (χ0) is 25.3. The number of carbonyl (C=O) groups is 3. The highest BCUT2D eigenvalue weighted by Crippen LogP contribution is 2.37. The number of hydrogen-bond donors (Lipinski definition) is 1. The molecule has 0 atom stereocenters. The van der Waals surface area contributed by atoms with Gasteiger partial charge in [-0.15, -0.1) is 0 Å². The standard InChI is InChI=1S/C25H21FN6O3/c1-15-11-17(7-8-20(15)27-4)31-23(34)25(2,3)32(24(31)35)18-6-5-16(19(26)12-18)13-29-22(33)21-9-10-28-14-30-21/h5-12,14H,13H2,1-3H3,(H,29,33). The van der Waals surface area contributed by atoms with Crippen molar-refractivity contribution in [3.8, 4) is 0 Å². The SMILES string of the molecule is [C-]#[N+]c1ccc(N2C(=O)N(c3ccc(CNC(=O)c4ccncn4)c(F)c3)C(C)(C)C2=O)cc1C. The summed E-state index contributed by atoms with van der Waals surface area (Å²) >= 11 is 0. The minimum atomic E-state index is -1.28. The molecule has 1 aliphatic rings. The zero-order valence-corrected chi connectivity index (χ0v) is 19.2. The first-order valence-electron chi connectivity index (χ1n) is 10.6. The third-order valence-corrected chi connectivity index (χ3v) is 5.78. The molecule has 2 heterocycles.